The summed E-state index contributed by atoms with van der Waals surface area (Å²) in [6.07, 6.45) is 0. The number of fused-ring (bicyclic) bond motifs is 1. The Morgan fingerprint density at radius 2 is 1.75 bits per heavy atom. The lowest BCUT2D eigenvalue weighted by Gasteiger charge is -2.21. The molecule has 0 aliphatic rings. The molecule has 0 bridgehead atoms. The van der Waals surface area contributed by atoms with Crippen molar-refractivity contribution >= 4 is 10.8 Å². The molecule has 0 heterocycles. The van der Waals surface area contributed by atoms with E-state index >= 15 is 0 Å². The summed E-state index contributed by atoms with van der Waals surface area (Å²) in [7, 11) is 1.71. The molecule has 0 unspecified atom stereocenters. The molecule has 16 heavy (non-hydrogen) atoms. The van der Waals surface area contributed by atoms with Crippen LogP contribution in [0.15, 0.2) is 36.4 Å². The molecule has 0 radical (unpaired) electrons. The molecule has 0 atom stereocenters. The van der Waals surface area contributed by atoms with Crippen molar-refractivity contribution in [1.82, 2.24) is 0 Å². The molecule has 0 aliphatic heterocycles. The largest absolute Gasteiger partial charge is 0.497 e. The van der Waals surface area contributed by atoms with Gasteiger partial charge in [0, 0.05) is 0 Å². The van der Waals surface area contributed by atoms with E-state index in [2.05, 4.69) is 51.1 Å². The van der Waals surface area contributed by atoms with E-state index in [1.165, 1.54) is 16.3 Å². The van der Waals surface area contributed by atoms with Crippen LogP contribution in [0.3, 0.4) is 0 Å². The second-order valence-electron chi connectivity index (χ2n) is 5.14. The van der Waals surface area contributed by atoms with Gasteiger partial charge in [-0.25, -0.2) is 0 Å². The molecule has 2 rings (SSSR count). The molecule has 0 aliphatic carbocycles. The van der Waals surface area contributed by atoms with Crippen LogP contribution in [-0.4, -0.2) is 7.11 Å². The van der Waals surface area contributed by atoms with Gasteiger partial charge in [-0.2, -0.15) is 0 Å². The van der Waals surface area contributed by atoms with Gasteiger partial charge in [0.15, 0.2) is 0 Å². The fraction of sp³-hybridized carbons (Fsp3) is 0.333. The van der Waals surface area contributed by atoms with Crippen LogP contribution in [0.5, 0.6) is 5.75 Å². The summed E-state index contributed by atoms with van der Waals surface area (Å²) in [6, 6.07) is 12.7. The van der Waals surface area contributed by atoms with Gasteiger partial charge in [-0.1, -0.05) is 45.0 Å². The molecule has 0 spiro atoms. The third kappa shape index (κ3) is 1.90. The normalized spacial score (nSPS) is 11.8. The predicted octanol–water partition coefficient (Wildman–Crippen LogP) is 4.15. The van der Waals surface area contributed by atoms with Crippen molar-refractivity contribution in [3.63, 3.8) is 0 Å². The SMILES string of the molecule is COc1ccc2cccc(C(C)(C)C)c2c1. The molecule has 0 amide bonds. The van der Waals surface area contributed by atoms with Gasteiger partial charge in [-0.15, -0.1) is 0 Å². The molecule has 2 aromatic rings. The van der Waals surface area contributed by atoms with Crippen LogP contribution < -0.4 is 4.74 Å². The van der Waals surface area contributed by atoms with E-state index in [0.717, 1.165) is 5.75 Å². The number of hydrogen-bond donors (Lipinski definition) is 0. The number of ether oxygens (including phenoxy) is 1. The van der Waals surface area contributed by atoms with E-state index < -0.39 is 0 Å². The van der Waals surface area contributed by atoms with Crippen molar-refractivity contribution < 1.29 is 4.74 Å². The first-order valence-corrected chi connectivity index (χ1v) is 5.59. The highest BCUT2D eigenvalue weighted by Gasteiger charge is 2.16. The number of methoxy groups -OCH3 is 1. The zero-order valence-electron chi connectivity index (χ0n) is 10.4. The summed E-state index contributed by atoms with van der Waals surface area (Å²) >= 11 is 0. The summed E-state index contributed by atoms with van der Waals surface area (Å²) in [5.41, 5.74) is 1.52. The quantitative estimate of drug-likeness (QED) is 0.693. The van der Waals surface area contributed by atoms with Gasteiger partial charge in [0.2, 0.25) is 0 Å². The van der Waals surface area contributed by atoms with Gasteiger partial charge in [0.1, 0.15) is 5.75 Å². The summed E-state index contributed by atoms with van der Waals surface area (Å²) < 4.78 is 5.29. The van der Waals surface area contributed by atoms with Gasteiger partial charge >= 0.3 is 0 Å². The Kier molecular flexibility index (Phi) is 2.63. The average molecular weight is 214 g/mol. The van der Waals surface area contributed by atoms with Crippen LogP contribution in [0.2, 0.25) is 0 Å². The maximum Gasteiger partial charge on any atom is 0.119 e. The lowest BCUT2D eigenvalue weighted by molar-refractivity contribution is 0.415. The lowest BCUT2D eigenvalue weighted by Crippen LogP contribution is -2.11. The van der Waals surface area contributed by atoms with Gasteiger partial charge in [-0.05, 0) is 33.9 Å². The van der Waals surface area contributed by atoms with Crippen LogP contribution in [0.25, 0.3) is 10.8 Å². The van der Waals surface area contributed by atoms with Crippen molar-refractivity contribution in [2.75, 3.05) is 7.11 Å². The molecule has 0 saturated carbocycles. The Morgan fingerprint density at radius 1 is 1.00 bits per heavy atom. The van der Waals surface area contributed by atoms with Crippen molar-refractivity contribution in [3.8, 4) is 5.75 Å². The highest BCUT2D eigenvalue weighted by molar-refractivity contribution is 5.87. The fourth-order valence-electron chi connectivity index (χ4n) is 2.03. The van der Waals surface area contributed by atoms with Gasteiger partial charge < -0.3 is 4.74 Å². The van der Waals surface area contributed by atoms with Crippen molar-refractivity contribution in [1.29, 1.82) is 0 Å². The minimum atomic E-state index is 0.159. The Morgan fingerprint density at radius 3 is 2.38 bits per heavy atom. The summed E-state index contributed by atoms with van der Waals surface area (Å²) in [5.74, 6) is 0.921. The summed E-state index contributed by atoms with van der Waals surface area (Å²) in [6.45, 7) is 6.71. The van der Waals surface area contributed by atoms with Crippen LogP contribution in [-0.2, 0) is 5.41 Å². The van der Waals surface area contributed by atoms with E-state index in [-0.39, 0.29) is 5.41 Å². The molecular weight excluding hydrogens is 196 g/mol. The smallest absolute Gasteiger partial charge is 0.119 e. The van der Waals surface area contributed by atoms with E-state index in [0.29, 0.717) is 0 Å². The average Bonchev–Trinajstić information content (AvgIpc) is 2.26. The maximum absolute atomic E-state index is 5.29. The van der Waals surface area contributed by atoms with E-state index in [9.17, 15) is 0 Å². The number of benzene rings is 2. The van der Waals surface area contributed by atoms with Crippen molar-refractivity contribution in [2.24, 2.45) is 0 Å². The lowest BCUT2D eigenvalue weighted by atomic mass is 9.84. The Hall–Kier alpha value is -1.50. The second kappa shape index (κ2) is 3.82. The molecule has 0 N–H and O–H groups in total. The Balaban J connectivity index is 2.74. The van der Waals surface area contributed by atoms with Crippen LogP contribution in [0.4, 0.5) is 0 Å². The Labute approximate surface area is 97.1 Å². The number of hydrogen-bond acceptors (Lipinski definition) is 1. The molecule has 1 heteroatoms. The standard InChI is InChI=1S/C15H18O/c1-15(2,3)14-7-5-6-11-8-9-12(16-4)10-13(11)14/h5-10H,1-4H3. The first-order chi connectivity index (χ1) is 7.52. The molecule has 84 valence electrons. The second-order valence-corrected chi connectivity index (χ2v) is 5.14. The van der Waals surface area contributed by atoms with Crippen LogP contribution in [0, 0.1) is 0 Å². The monoisotopic (exact) mass is 214 g/mol. The zero-order valence-corrected chi connectivity index (χ0v) is 10.4. The van der Waals surface area contributed by atoms with Gasteiger partial charge in [0.05, 0.1) is 7.11 Å². The molecule has 0 fully saturated rings. The van der Waals surface area contributed by atoms with Crippen molar-refractivity contribution in [3.05, 3.63) is 42.0 Å². The first-order valence-electron chi connectivity index (χ1n) is 5.59. The minimum Gasteiger partial charge on any atom is -0.497 e. The predicted molar refractivity (Wildman–Crippen MR) is 69.2 cm³/mol. The highest BCUT2D eigenvalue weighted by Crippen LogP contribution is 2.31. The van der Waals surface area contributed by atoms with Crippen LogP contribution in [0.1, 0.15) is 26.3 Å². The minimum absolute atomic E-state index is 0.159. The van der Waals surface area contributed by atoms with E-state index in [4.69, 9.17) is 4.74 Å². The first kappa shape index (κ1) is 11.0. The highest BCUT2D eigenvalue weighted by atomic mass is 16.5. The fourth-order valence-corrected chi connectivity index (χ4v) is 2.03. The van der Waals surface area contributed by atoms with E-state index in [1.54, 1.807) is 7.11 Å². The topological polar surface area (TPSA) is 9.23 Å². The molecule has 0 saturated heterocycles. The zero-order chi connectivity index (χ0) is 11.8. The molecule has 1 nitrogen and oxygen atoms in total. The summed E-state index contributed by atoms with van der Waals surface area (Å²) in [4.78, 5) is 0. The summed E-state index contributed by atoms with van der Waals surface area (Å²) in [5, 5.41) is 2.56. The molecule has 2 aromatic carbocycles. The van der Waals surface area contributed by atoms with Gasteiger partial charge in [0.25, 0.3) is 0 Å². The third-order valence-electron chi connectivity index (χ3n) is 2.90. The van der Waals surface area contributed by atoms with Crippen molar-refractivity contribution in [2.45, 2.75) is 26.2 Å². The molecular formula is C15H18O. The molecule has 0 aromatic heterocycles. The third-order valence-corrected chi connectivity index (χ3v) is 2.90. The Bertz CT molecular complexity index is 506. The number of rotatable bonds is 1. The van der Waals surface area contributed by atoms with Gasteiger partial charge in [-0.3, -0.25) is 0 Å². The van der Waals surface area contributed by atoms with E-state index in [1.807, 2.05) is 6.07 Å². The van der Waals surface area contributed by atoms with Crippen LogP contribution >= 0.6 is 0 Å². The maximum atomic E-state index is 5.29.